The van der Waals surface area contributed by atoms with Gasteiger partial charge in [-0.3, -0.25) is 10.2 Å². The lowest BCUT2D eigenvalue weighted by molar-refractivity contribution is -0.137. The van der Waals surface area contributed by atoms with E-state index in [1.165, 1.54) is 0 Å². The lowest BCUT2D eigenvalue weighted by Crippen LogP contribution is -2.00. The van der Waals surface area contributed by atoms with Crippen molar-refractivity contribution >= 4 is 33.3 Å². The number of anilines is 1. The van der Waals surface area contributed by atoms with Gasteiger partial charge in [0.2, 0.25) is 0 Å². The number of carbonyl (C=O) groups excluding carboxylic acids is 1. The van der Waals surface area contributed by atoms with E-state index >= 15 is 0 Å². The molecule has 2 rings (SSSR count). The second-order valence-electron chi connectivity index (χ2n) is 3.14. The number of esters is 1. The highest BCUT2D eigenvalue weighted by Gasteiger charge is 2.18. The molecule has 1 fully saturated rings. The maximum absolute atomic E-state index is 10.8. The zero-order chi connectivity index (χ0) is 10.7. The molecule has 1 heterocycles. The predicted octanol–water partition coefficient (Wildman–Crippen LogP) is 2.16. The largest absolute Gasteiger partial charge is 0.459 e. The lowest BCUT2D eigenvalue weighted by atomic mass is 10.3. The first-order chi connectivity index (χ1) is 7.24. The summed E-state index contributed by atoms with van der Waals surface area (Å²) in [6.45, 7) is 0.292. The Morgan fingerprint density at radius 3 is 3.00 bits per heavy atom. The number of benzene rings is 1. The molecule has 0 aliphatic carbocycles. The van der Waals surface area contributed by atoms with Crippen LogP contribution in [0, 0.1) is 0 Å². The lowest BCUT2D eigenvalue weighted by Gasteiger charge is -2.00. The number of hydrogen-bond donors (Lipinski definition) is 1. The van der Waals surface area contributed by atoms with Crippen molar-refractivity contribution in [3.63, 3.8) is 0 Å². The molecule has 1 aliphatic heterocycles. The number of nitrogens with zero attached hydrogens (tertiary/aromatic N) is 1. The number of nitrogens with one attached hydrogen (secondary N) is 1. The molecule has 1 aliphatic rings. The van der Waals surface area contributed by atoms with Crippen LogP contribution in [0.3, 0.4) is 0 Å². The first-order valence-corrected chi connectivity index (χ1v) is 5.26. The van der Waals surface area contributed by atoms with Crippen LogP contribution in [0.1, 0.15) is 6.42 Å². The summed E-state index contributed by atoms with van der Waals surface area (Å²) in [6, 6.07) is 7.64. The van der Waals surface area contributed by atoms with Crippen molar-refractivity contribution < 1.29 is 9.53 Å². The molecule has 0 bridgehead atoms. The van der Waals surface area contributed by atoms with Gasteiger partial charge < -0.3 is 4.74 Å². The minimum absolute atomic E-state index is 0.218. The molecule has 0 radical (unpaired) electrons. The van der Waals surface area contributed by atoms with E-state index in [1.54, 1.807) is 0 Å². The monoisotopic (exact) mass is 268 g/mol. The fourth-order valence-corrected chi connectivity index (χ4v) is 1.61. The molecule has 1 aromatic carbocycles. The van der Waals surface area contributed by atoms with E-state index in [-0.39, 0.29) is 12.4 Å². The van der Waals surface area contributed by atoms with Crippen LogP contribution >= 0.6 is 15.9 Å². The van der Waals surface area contributed by atoms with Crippen LogP contribution in [0.4, 0.5) is 5.69 Å². The Bertz CT molecular complexity index is 418. The molecular formula is C10H9BrN2O2. The summed E-state index contributed by atoms with van der Waals surface area (Å²) >= 11 is 3.36. The van der Waals surface area contributed by atoms with E-state index in [9.17, 15) is 4.79 Å². The first-order valence-electron chi connectivity index (χ1n) is 4.47. The van der Waals surface area contributed by atoms with Crippen LogP contribution in [0.25, 0.3) is 0 Å². The molecule has 1 saturated heterocycles. The zero-order valence-electron chi connectivity index (χ0n) is 7.87. The quantitative estimate of drug-likeness (QED) is 0.661. The van der Waals surface area contributed by atoms with Crippen LogP contribution < -0.4 is 5.43 Å². The van der Waals surface area contributed by atoms with Crippen molar-refractivity contribution in [2.75, 3.05) is 12.0 Å². The van der Waals surface area contributed by atoms with Gasteiger partial charge in [0.1, 0.15) is 6.61 Å². The highest BCUT2D eigenvalue weighted by molar-refractivity contribution is 9.10. The standard InChI is InChI=1S/C10H9BrN2O2/c11-7-2-1-3-8(4-7)12-13-9-5-10(14)15-6-9/h1-4,12H,5-6H2. The Morgan fingerprint density at radius 1 is 1.47 bits per heavy atom. The maximum Gasteiger partial charge on any atom is 0.312 e. The van der Waals surface area contributed by atoms with Crippen molar-refractivity contribution in [2.45, 2.75) is 6.42 Å². The number of ether oxygens (including phenoxy) is 1. The third-order valence-corrected chi connectivity index (χ3v) is 2.41. The van der Waals surface area contributed by atoms with Gasteiger partial charge in [0.05, 0.1) is 17.8 Å². The smallest absolute Gasteiger partial charge is 0.312 e. The van der Waals surface area contributed by atoms with Crippen LogP contribution in [0.2, 0.25) is 0 Å². The second-order valence-corrected chi connectivity index (χ2v) is 4.05. The van der Waals surface area contributed by atoms with Gasteiger partial charge in [-0.15, -0.1) is 0 Å². The molecule has 0 saturated carbocycles. The highest BCUT2D eigenvalue weighted by atomic mass is 79.9. The van der Waals surface area contributed by atoms with E-state index in [4.69, 9.17) is 4.74 Å². The molecule has 4 nitrogen and oxygen atoms in total. The molecule has 0 atom stereocenters. The Labute approximate surface area is 95.4 Å². The fraction of sp³-hybridized carbons (Fsp3) is 0.200. The summed E-state index contributed by atoms with van der Waals surface area (Å²) in [5.41, 5.74) is 4.47. The molecule has 0 spiro atoms. The number of cyclic esters (lactones) is 1. The van der Waals surface area contributed by atoms with Crippen molar-refractivity contribution in [1.29, 1.82) is 0 Å². The first kappa shape index (κ1) is 10.2. The molecule has 5 heteroatoms. The number of hydrazone groups is 1. The summed E-state index contributed by atoms with van der Waals surface area (Å²) in [5, 5.41) is 4.08. The van der Waals surface area contributed by atoms with E-state index in [0.29, 0.717) is 6.61 Å². The number of rotatable bonds is 2. The van der Waals surface area contributed by atoms with Crippen molar-refractivity contribution in [2.24, 2.45) is 5.10 Å². The van der Waals surface area contributed by atoms with Gasteiger partial charge in [-0.2, -0.15) is 5.10 Å². The SMILES string of the molecule is O=C1CC(=NNc2cccc(Br)c2)CO1. The Morgan fingerprint density at radius 2 is 2.33 bits per heavy atom. The minimum atomic E-state index is -0.218. The summed E-state index contributed by atoms with van der Waals surface area (Å²) in [4.78, 5) is 10.8. The predicted molar refractivity (Wildman–Crippen MR) is 60.8 cm³/mol. The van der Waals surface area contributed by atoms with E-state index < -0.39 is 0 Å². The third-order valence-electron chi connectivity index (χ3n) is 1.92. The third kappa shape index (κ3) is 2.79. The molecular weight excluding hydrogens is 260 g/mol. The van der Waals surface area contributed by atoms with E-state index in [0.717, 1.165) is 15.9 Å². The van der Waals surface area contributed by atoms with Crippen molar-refractivity contribution in [1.82, 2.24) is 0 Å². The average Bonchev–Trinajstić information content (AvgIpc) is 2.62. The van der Waals surface area contributed by atoms with Gasteiger partial charge in [-0.1, -0.05) is 22.0 Å². The Balaban J connectivity index is 2.01. The molecule has 0 aromatic heterocycles. The molecule has 0 unspecified atom stereocenters. The summed E-state index contributed by atoms with van der Waals surface area (Å²) in [6.07, 6.45) is 0.279. The van der Waals surface area contributed by atoms with Crippen molar-refractivity contribution in [3.05, 3.63) is 28.7 Å². The van der Waals surface area contributed by atoms with Gasteiger partial charge in [-0.05, 0) is 18.2 Å². The second kappa shape index (κ2) is 4.44. The number of hydrogen-bond acceptors (Lipinski definition) is 4. The van der Waals surface area contributed by atoms with E-state index in [1.807, 2.05) is 24.3 Å². The number of halogens is 1. The summed E-state index contributed by atoms with van der Waals surface area (Å²) < 4.78 is 5.74. The Hall–Kier alpha value is -1.36. The minimum Gasteiger partial charge on any atom is -0.459 e. The molecule has 15 heavy (non-hydrogen) atoms. The van der Waals surface area contributed by atoms with Gasteiger partial charge in [-0.25, -0.2) is 0 Å². The van der Waals surface area contributed by atoms with Gasteiger partial charge in [0.15, 0.2) is 0 Å². The number of carbonyl (C=O) groups is 1. The molecule has 1 N–H and O–H groups in total. The van der Waals surface area contributed by atoms with Crippen molar-refractivity contribution in [3.8, 4) is 0 Å². The van der Waals surface area contributed by atoms with Gasteiger partial charge in [0.25, 0.3) is 0 Å². The van der Waals surface area contributed by atoms with E-state index in [2.05, 4.69) is 26.5 Å². The maximum atomic E-state index is 10.8. The highest BCUT2D eigenvalue weighted by Crippen LogP contribution is 2.15. The van der Waals surface area contributed by atoms with Gasteiger partial charge >= 0.3 is 5.97 Å². The average molecular weight is 269 g/mol. The fourth-order valence-electron chi connectivity index (χ4n) is 1.21. The molecule has 1 aromatic rings. The normalized spacial score (nSPS) is 17.9. The van der Waals surface area contributed by atoms with Crippen LogP contribution in [0.15, 0.2) is 33.8 Å². The zero-order valence-corrected chi connectivity index (χ0v) is 9.45. The Kier molecular flexibility index (Phi) is 3.01. The van der Waals surface area contributed by atoms with Gasteiger partial charge in [0, 0.05) is 4.47 Å². The van der Waals surface area contributed by atoms with Crippen LogP contribution in [0.5, 0.6) is 0 Å². The van der Waals surface area contributed by atoms with Crippen LogP contribution in [-0.2, 0) is 9.53 Å². The molecule has 0 amide bonds. The van der Waals surface area contributed by atoms with Crippen LogP contribution in [-0.4, -0.2) is 18.3 Å². The topological polar surface area (TPSA) is 50.7 Å². The summed E-state index contributed by atoms with van der Waals surface area (Å²) in [7, 11) is 0. The summed E-state index contributed by atoms with van der Waals surface area (Å²) in [5.74, 6) is -0.218. The molecule has 78 valence electrons.